The normalized spacial score (nSPS) is 35.6. The van der Waals surface area contributed by atoms with E-state index in [-0.39, 0.29) is 11.6 Å². The molecule has 5 aliphatic rings. The number of nitrogens with one attached hydrogen (secondary N) is 1. The first-order chi connectivity index (χ1) is 12.6. The molecule has 1 aliphatic heterocycles. The van der Waals surface area contributed by atoms with Gasteiger partial charge in [-0.3, -0.25) is 0 Å². The van der Waals surface area contributed by atoms with Crippen LogP contribution in [0.3, 0.4) is 0 Å². The Morgan fingerprint density at radius 2 is 1.54 bits per heavy atom. The molecule has 2 amide bonds. The van der Waals surface area contributed by atoms with Gasteiger partial charge in [-0.2, -0.15) is 0 Å². The first-order valence-corrected chi connectivity index (χ1v) is 10.2. The van der Waals surface area contributed by atoms with Gasteiger partial charge in [0.15, 0.2) is 0 Å². The third-order valence-electron chi connectivity index (χ3n) is 7.20. The molecule has 4 aliphatic carbocycles. The van der Waals surface area contributed by atoms with Crippen molar-refractivity contribution in [3.05, 3.63) is 24.3 Å². The molecular weight excluding hydrogens is 326 g/mol. The van der Waals surface area contributed by atoms with Gasteiger partial charge in [-0.1, -0.05) is 12.1 Å². The lowest BCUT2D eigenvalue weighted by atomic mass is 9.53. The van der Waals surface area contributed by atoms with E-state index >= 15 is 0 Å². The van der Waals surface area contributed by atoms with E-state index in [0.29, 0.717) is 18.8 Å². The number of phenols is 1. The molecule has 0 spiro atoms. The number of phenolic OH excluding ortho intramolecular Hbond substituents is 1. The van der Waals surface area contributed by atoms with Gasteiger partial charge in [0.25, 0.3) is 0 Å². The molecule has 26 heavy (non-hydrogen) atoms. The maximum absolute atomic E-state index is 12.9. The third-order valence-corrected chi connectivity index (χ3v) is 7.20. The Morgan fingerprint density at radius 3 is 2.12 bits per heavy atom. The zero-order valence-electron chi connectivity index (χ0n) is 15.4. The molecular formula is C21H29N3O2. The minimum absolute atomic E-state index is 0.0840. The highest BCUT2D eigenvalue weighted by Gasteiger charge is 2.51. The number of carbonyl (C=O) groups is 1. The number of piperazine rings is 1. The van der Waals surface area contributed by atoms with Gasteiger partial charge in [0, 0.05) is 31.7 Å². The van der Waals surface area contributed by atoms with Crippen molar-refractivity contribution in [1.82, 2.24) is 10.2 Å². The van der Waals surface area contributed by atoms with Crippen LogP contribution in [0.4, 0.5) is 10.5 Å². The zero-order chi connectivity index (χ0) is 17.7. The highest BCUT2D eigenvalue weighted by Crippen LogP contribution is 2.55. The minimum atomic E-state index is 0.0840. The lowest BCUT2D eigenvalue weighted by molar-refractivity contribution is -0.0157. The summed E-state index contributed by atoms with van der Waals surface area (Å²) in [5.41, 5.74) is 0.953. The molecule has 2 N–H and O–H groups in total. The van der Waals surface area contributed by atoms with Crippen molar-refractivity contribution in [1.29, 1.82) is 0 Å². The second kappa shape index (κ2) is 6.07. The maximum Gasteiger partial charge on any atom is 0.317 e. The third kappa shape index (κ3) is 2.81. The summed E-state index contributed by atoms with van der Waals surface area (Å²) in [6, 6.07) is 7.58. The predicted octanol–water partition coefficient (Wildman–Crippen LogP) is 3.19. The fourth-order valence-electron chi connectivity index (χ4n) is 6.45. The maximum atomic E-state index is 12.9. The van der Waals surface area contributed by atoms with E-state index < -0.39 is 0 Å². The smallest absolute Gasteiger partial charge is 0.317 e. The Morgan fingerprint density at radius 1 is 0.962 bits per heavy atom. The number of para-hydroxylation sites is 2. The van der Waals surface area contributed by atoms with Gasteiger partial charge in [0.05, 0.1) is 5.69 Å². The Bertz CT molecular complexity index is 661. The van der Waals surface area contributed by atoms with E-state index in [0.717, 1.165) is 36.5 Å². The molecule has 4 saturated carbocycles. The standard InChI is InChI=1S/C21H29N3O2/c25-19-4-2-1-3-18(19)23-5-7-24(8-6-23)20(26)22-21-12-15-9-16(13-21)11-17(10-15)14-21/h1-4,15-17,25H,5-14H2,(H,22,26). The van der Waals surface area contributed by atoms with Crippen LogP contribution in [0.15, 0.2) is 24.3 Å². The Labute approximate surface area is 155 Å². The summed E-state index contributed by atoms with van der Waals surface area (Å²) >= 11 is 0. The number of urea groups is 1. The fraction of sp³-hybridized carbons (Fsp3) is 0.667. The SMILES string of the molecule is O=C(NC12CC3CC(CC(C3)C1)C2)N1CCN(c2ccccc2O)CC1. The number of anilines is 1. The summed E-state index contributed by atoms with van der Waals surface area (Å²) < 4.78 is 0. The summed E-state index contributed by atoms with van der Waals surface area (Å²) in [6.45, 7) is 2.97. The summed E-state index contributed by atoms with van der Waals surface area (Å²) in [5, 5.41) is 13.5. The Hall–Kier alpha value is -1.91. The van der Waals surface area contributed by atoms with Gasteiger partial charge in [-0.05, 0) is 68.4 Å². The minimum Gasteiger partial charge on any atom is -0.506 e. The van der Waals surface area contributed by atoms with Crippen LogP contribution in [0.2, 0.25) is 0 Å². The second-order valence-corrected chi connectivity index (χ2v) is 9.09. The largest absolute Gasteiger partial charge is 0.506 e. The molecule has 0 unspecified atom stereocenters. The van der Waals surface area contributed by atoms with Crippen LogP contribution < -0.4 is 10.2 Å². The van der Waals surface area contributed by atoms with Crippen molar-refractivity contribution in [2.75, 3.05) is 31.1 Å². The van der Waals surface area contributed by atoms with Crippen LogP contribution in [0.25, 0.3) is 0 Å². The van der Waals surface area contributed by atoms with E-state index in [1.807, 2.05) is 23.1 Å². The zero-order valence-corrected chi connectivity index (χ0v) is 15.4. The molecule has 1 heterocycles. The topological polar surface area (TPSA) is 55.8 Å². The number of benzene rings is 1. The van der Waals surface area contributed by atoms with Crippen LogP contribution in [0.1, 0.15) is 38.5 Å². The summed E-state index contributed by atoms with van der Waals surface area (Å²) in [7, 11) is 0. The molecule has 0 aromatic heterocycles. The summed E-state index contributed by atoms with van der Waals surface area (Å²) in [4.78, 5) is 17.1. The number of carbonyl (C=O) groups excluding carboxylic acids is 1. The average Bonchev–Trinajstić information content (AvgIpc) is 2.61. The van der Waals surface area contributed by atoms with Gasteiger partial charge in [-0.15, -0.1) is 0 Å². The molecule has 0 atom stereocenters. The van der Waals surface area contributed by atoms with Crippen LogP contribution >= 0.6 is 0 Å². The quantitative estimate of drug-likeness (QED) is 0.857. The lowest BCUT2D eigenvalue weighted by Gasteiger charge is -2.57. The molecule has 0 radical (unpaired) electrons. The van der Waals surface area contributed by atoms with Crippen molar-refractivity contribution in [3.63, 3.8) is 0 Å². The Kier molecular flexibility index (Phi) is 3.80. The molecule has 6 rings (SSSR count). The van der Waals surface area contributed by atoms with Crippen LogP contribution in [0.5, 0.6) is 5.75 Å². The first kappa shape index (κ1) is 16.3. The molecule has 1 saturated heterocycles. The van der Waals surface area contributed by atoms with E-state index in [1.54, 1.807) is 6.07 Å². The van der Waals surface area contributed by atoms with Crippen molar-refractivity contribution >= 4 is 11.7 Å². The molecule has 4 bridgehead atoms. The molecule has 5 heteroatoms. The van der Waals surface area contributed by atoms with Gasteiger partial charge < -0.3 is 20.2 Å². The van der Waals surface area contributed by atoms with Crippen molar-refractivity contribution < 1.29 is 9.90 Å². The van der Waals surface area contributed by atoms with Gasteiger partial charge >= 0.3 is 6.03 Å². The molecule has 1 aromatic carbocycles. The number of rotatable bonds is 2. The molecule has 140 valence electrons. The number of nitrogens with zero attached hydrogens (tertiary/aromatic N) is 2. The van der Waals surface area contributed by atoms with Crippen molar-refractivity contribution in [2.45, 2.75) is 44.1 Å². The fourth-order valence-corrected chi connectivity index (χ4v) is 6.45. The van der Waals surface area contributed by atoms with Gasteiger partial charge in [0.1, 0.15) is 5.75 Å². The highest BCUT2D eigenvalue weighted by molar-refractivity contribution is 5.75. The molecule has 5 fully saturated rings. The molecule has 5 nitrogen and oxygen atoms in total. The lowest BCUT2D eigenvalue weighted by Crippen LogP contribution is -2.63. The summed E-state index contributed by atoms with van der Waals surface area (Å²) in [5.74, 6) is 2.86. The highest BCUT2D eigenvalue weighted by atomic mass is 16.3. The van der Waals surface area contributed by atoms with Gasteiger partial charge in [-0.25, -0.2) is 4.79 Å². The van der Waals surface area contributed by atoms with Crippen molar-refractivity contribution in [3.8, 4) is 5.75 Å². The van der Waals surface area contributed by atoms with Crippen LogP contribution in [0, 0.1) is 17.8 Å². The van der Waals surface area contributed by atoms with Crippen LogP contribution in [-0.4, -0.2) is 47.8 Å². The van der Waals surface area contributed by atoms with E-state index in [2.05, 4.69) is 10.2 Å². The Balaban J connectivity index is 1.21. The monoisotopic (exact) mass is 355 g/mol. The van der Waals surface area contributed by atoms with E-state index in [1.165, 1.54) is 38.5 Å². The van der Waals surface area contributed by atoms with E-state index in [9.17, 15) is 9.90 Å². The van der Waals surface area contributed by atoms with Crippen LogP contribution in [-0.2, 0) is 0 Å². The predicted molar refractivity (Wildman–Crippen MR) is 101 cm³/mol. The number of amides is 2. The number of hydrogen-bond acceptors (Lipinski definition) is 3. The average molecular weight is 355 g/mol. The second-order valence-electron chi connectivity index (χ2n) is 9.09. The van der Waals surface area contributed by atoms with E-state index in [4.69, 9.17) is 0 Å². The molecule has 1 aromatic rings. The van der Waals surface area contributed by atoms with Crippen molar-refractivity contribution in [2.24, 2.45) is 17.8 Å². The van der Waals surface area contributed by atoms with Gasteiger partial charge in [0.2, 0.25) is 0 Å². The number of aromatic hydroxyl groups is 1. The summed E-state index contributed by atoms with van der Waals surface area (Å²) in [6.07, 6.45) is 7.78. The first-order valence-electron chi connectivity index (χ1n) is 10.2. The number of hydrogen-bond donors (Lipinski definition) is 2.